The first-order chi connectivity index (χ1) is 12.4. The van der Waals surface area contributed by atoms with Gasteiger partial charge in [-0.05, 0) is 29.3 Å². The minimum absolute atomic E-state index is 0.0218. The lowest BCUT2D eigenvalue weighted by Gasteiger charge is -2.27. The number of hydrogen-bond donors (Lipinski definition) is 3. The number of carboxylic acid groups (broad SMARTS) is 1. The van der Waals surface area contributed by atoms with Crippen LogP contribution in [0, 0.1) is 5.82 Å². The molecular weight excluding hydrogens is 339 g/mol. The molecule has 6 nitrogen and oxygen atoms in total. The average molecular weight is 356 g/mol. The van der Waals surface area contributed by atoms with Gasteiger partial charge in [0.25, 0.3) is 0 Å². The summed E-state index contributed by atoms with van der Waals surface area (Å²) in [5.74, 6) is -2.98. The predicted octanol–water partition coefficient (Wildman–Crippen LogP) is 2.58. The fourth-order valence-corrected chi connectivity index (χ4v) is 3.04. The molecule has 2 aromatic rings. The highest BCUT2D eigenvalue weighted by molar-refractivity contribution is 6.01. The van der Waals surface area contributed by atoms with Crippen molar-refractivity contribution in [1.82, 2.24) is 5.32 Å². The van der Waals surface area contributed by atoms with Gasteiger partial charge in [-0.2, -0.15) is 0 Å². The number of halogens is 1. The van der Waals surface area contributed by atoms with Crippen LogP contribution in [0.4, 0.5) is 10.1 Å². The number of hydrogen-bond acceptors (Lipinski definition) is 3. The molecule has 0 spiro atoms. The van der Waals surface area contributed by atoms with Gasteiger partial charge in [-0.25, -0.2) is 4.39 Å². The van der Waals surface area contributed by atoms with Gasteiger partial charge in [-0.15, -0.1) is 0 Å². The molecule has 0 aromatic heterocycles. The van der Waals surface area contributed by atoms with Crippen molar-refractivity contribution in [1.29, 1.82) is 0 Å². The Hall–Kier alpha value is -3.22. The minimum Gasteiger partial charge on any atom is -0.481 e. The van der Waals surface area contributed by atoms with Gasteiger partial charge in [0.05, 0.1) is 18.4 Å². The lowest BCUT2D eigenvalue weighted by molar-refractivity contribution is -0.138. The Morgan fingerprint density at radius 3 is 2.58 bits per heavy atom. The zero-order valence-corrected chi connectivity index (χ0v) is 13.7. The number of rotatable bonds is 5. The van der Waals surface area contributed by atoms with Crippen LogP contribution in [0.3, 0.4) is 0 Å². The van der Waals surface area contributed by atoms with Crippen molar-refractivity contribution in [3.8, 4) is 0 Å². The van der Waals surface area contributed by atoms with Crippen LogP contribution in [0.2, 0.25) is 0 Å². The summed E-state index contributed by atoms with van der Waals surface area (Å²) in [6.45, 7) is 0. The van der Waals surface area contributed by atoms with E-state index in [0.29, 0.717) is 16.8 Å². The molecule has 0 radical (unpaired) electrons. The zero-order valence-electron chi connectivity index (χ0n) is 13.7. The molecule has 0 unspecified atom stereocenters. The molecule has 3 rings (SSSR count). The summed E-state index contributed by atoms with van der Waals surface area (Å²) in [6.07, 6.45) is -0.371. The van der Waals surface area contributed by atoms with E-state index in [2.05, 4.69) is 10.6 Å². The first-order valence-electron chi connectivity index (χ1n) is 8.10. The second kappa shape index (κ2) is 7.35. The molecule has 7 heteroatoms. The van der Waals surface area contributed by atoms with E-state index in [4.69, 9.17) is 5.11 Å². The molecule has 1 heterocycles. The van der Waals surface area contributed by atoms with Crippen LogP contribution in [-0.4, -0.2) is 22.9 Å². The molecule has 2 aromatic carbocycles. The highest BCUT2D eigenvalue weighted by Gasteiger charge is 2.32. The molecule has 26 heavy (non-hydrogen) atoms. The molecule has 0 saturated carbocycles. The lowest BCUT2D eigenvalue weighted by atomic mass is 9.89. The van der Waals surface area contributed by atoms with Gasteiger partial charge in [0, 0.05) is 12.1 Å². The number of carboxylic acids is 1. The van der Waals surface area contributed by atoms with Crippen LogP contribution in [0.1, 0.15) is 35.9 Å². The normalized spacial score (nSPS) is 17.0. The van der Waals surface area contributed by atoms with Crippen LogP contribution in [0.25, 0.3) is 0 Å². The van der Waals surface area contributed by atoms with Crippen molar-refractivity contribution in [2.75, 3.05) is 5.32 Å². The minimum atomic E-state index is -1.10. The van der Waals surface area contributed by atoms with E-state index < -0.39 is 29.7 Å². The predicted molar refractivity (Wildman–Crippen MR) is 92.0 cm³/mol. The van der Waals surface area contributed by atoms with Crippen molar-refractivity contribution in [3.05, 3.63) is 65.5 Å². The van der Waals surface area contributed by atoms with E-state index in [1.54, 1.807) is 24.3 Å². The summed E-state index contributed by atoms with van der Waals surface area (Å²) in [4.78, 5) is 35.8. The Bertz CT molecular complexity index is 851. The number of aliphatic carboxylic acids is 1. The van der Waals surface area contributed by atoms with Gasteiger partial charge >= 0.3 is 5.97 Å². The van der Waals surface area contributed by atoms with Gasteiger partial charge in [0.2, 0.25) is 11.8 Å². The maximum absolute atomic E-state index is 13.1. The van der Waals surface area contributed by atoms with Crippen molar-refractivity contribution in [2.45, 2.75) is 24.8 Å². The molecule has 0 bridgehead atoms. The maximum Gasteiger partial charge on any atom is 0.305 e. The standard InChI is InChI=1S/C19H17FN2O4/c20-12-7-5-11(6-8-12)16(10-18(24)25)22-19(26)14-9-17(23)21-15-4-2-1-3-13(14)15/h1-8,14,16H,9-10H2,(H,21,23)(H,22,26)(H,24,25)/t14-,16+/m1/s1. The van der Waals surface area contributed by atoms with E-state index in [1.807, 2.05) is 0 Å². The van der Waals surface area contributed by atoms with Crippen molar-refractivity contribution >= 4 is 23.5 Å². The Balaban J connectivity index is 1.85. The van der Waals surface area contributed by atoms with Crippen LogP contribution in [-0.2, 0) is 14.4 Å². The average Bonchev–Trinajstić information content (AvgIpc) is 2.60. The molecular formula is C19H17FN2O4. The zero-order chi connectivity index (χ0) is 18.7. The van der Waals surface area contributed by atoms with E-state index >= 15 is 0 Å². The summed E-state index contributed by atoms with van der Waals surface area (Å²) in [5, 5.41) is 14.5. The Labute approximate surface area is 149 Å². The third kappa shape index (κ3) is 3.88. The van der Waals surface area contributed by atoms with Gasteiger partial charge in [-0.3, -0.25) is 14.4 Å². The SMILES string of the molecule is O=C(O)C[C@H](NC(=O)[C@@H]1CC(=O)Nc2ccccc21)c1ccc(F)cc1. The molecule has 0 fully saturated rings. The smallest absolute Gasteiger partial charge is 0.305 e. The van der Waals surface area contributed by atoms with Gasteiger partial charge < -0.3 is 15.7 Å². The molecule has 1 aliphatic heterocycles. The molecule has 2 amide bonds. The van der Waals surface area contributed by atoms with E-state index in [9.17, 15) is 18.8 Å². The summed E-state index contributed by atoms with van der Waals surface area (Å²) in [6, 6.07) is 11.5. The Morgan fingerprint density at radius 1 is 1.19 bits per heavy atom. The van der Waals surface area contributed by atoms with Gasteiger partial charge in [-0.1, -0.05) is 30.3 Å². The van der Waals surface area contributed by atoms with Crippen LogP contribution >= 0.6 is 0 Å². The lowest BCUT2D eigenvalue weighted by Crippen LogP contribution is -2.37. The highest BCUT2D eigenvalue weighted by Crippen LogP contribution is 2.32. The highest BCUT2D eigenvalue weighted by atomic mass is 19.1. The van der Waals surface area contributed by atoms with Crippen molar-refractivity contribution in [3.63, 3.8) is 0 Å². The summed E-state index contributed by atoms with van der Waals surface area (Å²) < 4.78 is 13.1. The fourth-order valence-electron chi connectivity index (χ4n) is 3.04. The third-order valence-corrected chi connectivity index (χ3v) is 4.28. The van der Waals surface area contributed by atoms with Crippen LogP contribution in [0.15, 0.2) is 48.5 Å². The topological polar surface area (TPSA) is 95.5 Å². The Kier molecular flexibility index (Phi) is 4.97. The van der Waals surface area contributed by atoms with E-state index in [0.717, 1.165) is 0 Å². The fraction of sp³-hybridized carbons (Fsp3) is 0.211. The first kappa shape index (κ1) is 17.6. The summed E-state index contributed by atoms with van der Waals surface area (Å²) in [5.41, 5.74) is 1.73. The first-order valence-corrected chi connectivity index (χ1v) is 8.10. The Morgan fingerprint density at radius 2 is 1.88 bits per heavy atom. The summed E-state index contributed by atoms with van der Waals surface area (Å²) >= 11 is 0. The quantitative estimate of drug-likeness (QED) is 0.767. The number of nitrogens with one attached hydrogen (secondary N) is 2. The van der Waals surface area contributed by atoms with E-state index in [-0.39, 0.29) is 18.7 Å². The molecule has 0 saturated heterocycles. The molecule has 2 atom stereocenters. The van der Waals surface area contributed by atoms with Gasteiger partial charge in [0.1, 0.15) is 5.82 Å². The second-order valence-corrected chi connectivity index (χ2v) is 6.10. The number of amides is 2. The van der Waals surface area contributed by atoms with Crippen molar-refractivity contribution < 1.29 is 23.9 Å². The number of carbonyl (C=O) groups excluding carboxylic acids is 2. The second-order valence-electron chi connectivity index (χ2n) is 6.10. The molecule has 1 aliphatic rings. The van der Waals surface area contributed by atoms with Crippen LogP contribution in [0.5, 0.6) is 0 Å². The number of benzene rings is 2. The third-order valence-electron chi connectivity index (χ3n) is 4.28. The van der Waals surface area contributed by atoms with Crippen molar-refractivity contribution in [2.24, 2.45) is 0 Å². The number of carbonyl (C=O) groups is 3. The molecule has 3 N–H and O–H groups in total. The van der Waals surface area contributed by atoms with E-state index in [1.165, 1.54) is 24.3 Å². The number of anilines is 1. The summed E-state index contributed by atoms with van der Waals surface area (Å²) in [7, 11) is 0. The van der Waals surface area contributed by atoms with Crippen LogP contribution < -0.4 is 10.6 Å². The number of fused-ring (bicyclic) bond motifs is 1. The number of para-hydroxylation sites is 1. The monoisotopic (exact) mass is 356 g/mol. The molecule has 0 aliphatic carbocycles. The maximum atomic E-state index is 13.1. The van der Waals surface area contributed by atoms with Gasteiger partial charge in [0.15, 0.2) is 0 Å². The molecule has 134 valence electrons. The largest absolute Gasteiger partial charge is 0.481 e.